The van der Waals surface area contributed by atoms with Crippen LogP contribution >= 0.6 is 23.2 Å². The van der Waals surface area contributed by atoms with E-state index in [0.29, 0.717) is 86.8 Å². The van der Waals surface area contributed by atoms with Crippen LogP contribution in [0.4, 0.5) is 11.4 Å². The zero-order valence-electron chi connectivity index (χ0n) is 43.1. The van der Waals surface area contributed by atoms with Crippen molar-refractivity contribution in [3.05, 3.63) is 129 Å². The van der Waals surface area contributed by atoms with Crippen LogP contribution < -0.4 is 36.3 Å². The monoisotopic (exact) mass is 1010 g/mol. The summed E-state index contributed by atoms with van der Waals surface area (Å²) in [5.41, 5.74) is 8.34. The quantitative estimate of drug-likeness (QED) is 0.0934. The number of carbonyl (C=O) groups is 2. The Bertz CT molecular complexity index is 2890. The number of benzene rings is 2. The molecule has 16 heteroatoms. The molecule has 0 radical (unpaired) electrons. The van der Waals surface area contributed by atoms with Gasteiger partial charge in [-0.25, -0.2) is 0 Å². The second-order valence-corrected chi connectivity index (χ2v) is 21.1. The highest BCUT2D eigenvalue weighted by Crippen LogP contribution is 2.36. The molecule has 382 valence electrons. The van der Waals surface area contributed by atoms with Gasteiger partial charge in [-0.15, -0.1) is 4.57 Å². The number of halogens is 2. The van der Waals surface area contributed by atoms with E-state index in [9.17, 15) is 19.2 Å². The van der Waals surface area contributed by atoms with E-state index in [4.69, 9.17) is 32.6 Å². The molecule has 2 amide bonds. The Labute approximate surface area is 428 Å². The van der Waals surface area contributed by atoms with E-state index in [1.807, 2.05) is 52.0 Å². The van der Waals surface area contributed by atoms with Crippen LogP contribution in [0.25, 0.3) is 5.52 Å². The number of nitrogens with zero attached hydrogens (tertiary/aromatic N) is 6. The summed E-state index contributed by atoms with van der Waals surface area (Å²) >= 11 is 13.5. The van der Waals surface area contributed by atoms with Crippen molar-refractivity contribution in [3.8, 4) is 0 Å². The largest absolute Gasteiger partial charge is 0.413 e. The predicted molar refractivity (Wildman–Crippen MR) is 284 cm³/mol. The molecule has 8 rings (SSSR count). The average Bonchev–Trinajstić information content (AvgIpc) is 3.99. The topological polar surface area (TPSA) is 137 Å². The number of amides is 2. The number of rotatable bonds is 17. The zero-order valence-corrected chi connectivity index (χ0v) is 44.6. The molecule has 0 bridgehead atoms. The fourth-order valence-corrected chi connectivity index (χ4v) is 12.1. The third-order valence-electron chi connectivity index (χ3n) is 15.8. The highest BCUT2D eigenvalue weighted by Gasteiger charge is 2.31. The van der Waals surface area contributed by atoms with E-state index >= 15 is 0 Å². The molecule has 0 atom stereocenters. The molecule has 2 N–H and O–H groups in total. The molecule has 0 unspecified atom stereocenters. The van der Waals surface area contributed by atoms with Gasteiger partial charge >= 0.3 is 0 Å². The Morgan fingerprint density at radius 1 is 0.690 bits per heavy atom. The van der Waals surface area contributed by atoms with Gasteiger partial charge in [0, 0.05) is 119 Å². The van der Waals surface area contributed by atoms with Crippen molar-refractivity contribution < 1.29 is 18.9 Å². The van der Waals surface area contributed by atoms with Crippen LogP contribution in [0.1, 0.15) is 131 Å². The standard InChI is InChI=1S/C55H72Cl2N8O6/c1-10-62(42-16-12-40(13-17-42)60(7)8)50-28-39(57)27-47(35(50)5)54(68)59-32-49-37(25-45-24-33(3)71-65(45)55(49)69)20-22-61(9)41-14-18-43(19-15-41)63(11-2)51-29-38(56)26-46(34(51)4)53(67)58-31-48-36(6)64-44(21-23-70-64)30-52(48)66/h24-30,40-43H,10-23,31-32H2,1-9H3,(H,58,67)(H,59,68). The molecule has 2 aromatic carbocycles. The first-order chi connectivity index (χ1) is 34.0. The fourth-order valence-electron chi connectivity index (χ4n) is 11.7. The van der Waals surface area contributed by atoms with E-state index in [1.165, 1.54) is 4.57 Å². The molecule has 14 nitrogen and oxygen atoms in total. The van der Waals surface area contributed by atoms with E-state index in [-0.39, 0.29) is 41.9 Å². The summed E-state index contributed by atoms with van der Waals surface area (Å²) in [7, 11) is 6.46. The number of aromatic nitrogens is 2. The first-order valence-corrected chi connectivity index (χ1v) is 26.3. The van der Waals surface area contributed by atoms with Crippen LogP contribution in [0.2, 0.25) is 10.0 Å². The fraction of sp³-hybridized carbons (Fsp3) is 0.527. The molecule has 2 aliphatic carbocycles. The summed E-state index contributed by atoms with van der Waals surface area (Å²) in [6.45, 7) is 14.8. The lowest BCUT2D eigenvalue weighted by molar-refractivity contribution is 0.0941. The zero-order chi connectivity index (χ0) is 50.8. The molecule has 4 heterocycles. The van der Waals surface area contributed by atoms with Gasteiger partial charge < -0.3 is 39.6 Å². The number of aryl methyl sites for hydroxylation is 1. The lowest BCUT2D eigenvalue weighted by Crippen LogP contribution is -2.44. The van der Waals surface area contributed by atoms with Gasteiger partial charge in [0.2, 0.25) is 0 Å². The van der Waals surface area contributed by atoms with Gasteiger partial charge in [-0.2, -0.15) is 4.73 Å². The molecule has 2 fully saturated rings. The Morgan fingerprint density at radius 2 is 1.21 bits per heavy atom. The van der Waals surface area contributed by atoms with Gasteiger partial charge in [0.05, 0.1) is 16.9 Å². The lowest BCUT2D eigenvalue weighted by Gasteiger charge is -2.41. The minimum Gasteiger partial charge on any atom is -0.413 e. The highest BCUT2D eigenvalue weighted by molar-refractivity contribution is 6.31. The summed E-state index contributed by atoms with van der Waals surface area (Å²) < 4.78 is 8.85. The van der Waals surface area contributed by atoms with E-state index < -0.39 is 0 Å². The molecule has 5 aromatic rings. The average molecular weight is 1010 g/mol. The molecule has 3 aromatic heterocycles. The van der Waals surface area contributed by atoms with E-state index in [0.717, 1.165) is 105 Å². The maximum Gasteiger partial charge on any atom is 0.289 e. The predicted octanol–water partition coefficient (Wildman–Crippen LogP) is 8.45. The number of fused-ring (bicyclic) bond motifs is 2. The minimum atomic E-state index is -0.287. The Morgan fingerprint density at radius 3 is 1.75 bits per heavy atom. The van der Waals surface area contributed by atoms with E-state index in [2.05, 4.69) is 65.2 Å². The number of anilines is 2. The number of pyridine rings is 2. The van der Waals surface area contributed by atoms with Crippen LogP contribution in [0, 0.1) is 27.7 Å². The number of nitrogens with one attached hydrogen (secondary N) is 2. The van der Waals surface area contributed by atoms with Gasteiger partial charge in [-0.1, -0.05) is 23.2 Å². The summed E-state index contributed by atoms with van der Waals surface area (Å²) in [6.07, 6.45) is 9.57. The first-order valence-electron chi connectivity index (χ1n) is 25.6. The van der Waals surface area contributed by atoms with Crippen molar-refractivity contribution in [1.82, 2.24) is 29.7 Å². The van der Waals surface area contributed by atoms with Crippen LogP contribution in [-0.4, -0.2) is 102 Å². The number of carbonyl (C=O) groups excluding carboxylic acids is 2. The van der Waals surface area contributed by atoms with Crippen LogP contribution in [-0.2, 0) is 25.9 Å². The Balaban J connectivity index is 0.914. The van der Waals surface area contributed by atoms with Crippen molar-refractivity contribution in [2.75, 3.05) is 57.2 Å². The third kappa shape index (κ3) is 11.1. The van der Waals surface area contributed by atoms with Gasteiger partial charge in [0.25, 0.3) is 17.4 Å². The second-order valence-electron chi connectivity index (χ2n) is 20.2. The van der Waals surface area contributed by atoms with Crippen molar-refractivity contribution in [3.63, 3.8) is 0 Å². The molecular formula is C55H72Cl2N8O6. The number of hydrogen-bond donors (Lipinski definition) is 2. The molecule has 0 saturated heterocycles. The van der Waals surface area contributed by atoms with Crippen molar-refractivity contribution in [1.29, 1.82) is 0 Å². The number of hydrogen-bond acceptors (Lipinski definition) is 10. The van der Waals surface area contributed by atoms with Crippen molar-refractivity contribution in [2.45, 2.75) is 143 Å². The van der Waals surface area contributed by atoms with Crippen molar-refractivity contribution in [2.24, 2.45) is 0 Å². The third-order valence-corrected chi connectivity index (χ3v) is 16.2. The molecule has 0 spiro atoms. The maximum absolute atomic E-state index is 14.1. The summed E-state index contributed by atoms with van der Waals surface area (Å²) in [5, 5.41) is 7.07. The van der Waals surface area contributed by atoms with Crippen LogP contribution in [0.5, 0.6) is 0 Å². The number of likely N-dealkylation sites (N-methyl/N-ethyl adjacent to an activating group) is 1. The van der Waals surface area contributed by atoms with Crippen LogP contribution in [0.15, 0.2) is 56.6 Å². The van der Waals surface area contributed by atoms with Gasteiger partial charge in [-0.05, 0) is 167 Å². The molecule has 2 saturated carbocycles. The smallest absolute Gasteiger partial charge is 0.289 e. The van der Waals surface area contributed by atoms with Gasteiger partial charge in [-0.3, -0.25) is 19.2 Å². The van der Waals surface area contributed by atoms with Crippen LogP contribution in [0.3, 0.4) is 0 Å². The normalized spacial score (nSPS) is 19.0. The molecule has 1 aliphatic heterocycles. The lowest BCUT2D eigenvalue weighted by atomic mass is 9.88. The molecule has 71 heavy (non-hydrogen) atoms. The summed E-state index contributed by atoms with van der Waals surface area (Å²) in [5.74, 6) is 0.0658. The SMILES string of the molecule is CCN(c1cc(Cl)cc(C(=O)NCc2c(C)n3c(cc2=O)CCO3)c1C)C1CCC(N(C)CCc2cc3cc(C)on3c(=O)c2CNC(=O)c2cc(Cl)cc(N(CC)C3CCC(N(C)C)CC3)c2C)CC1. The Kier molecular flexibility index (Phi) is 16.3. The minimum absolute atomic E-state index is 0.0426. The van der Waals surface area contributed by atoms with Gasteiger partial charge in [0.15, 0.2) is 5.43 Å². The summed E-state index contributed by atoms with van der Waals surface area (Å²) in [6, 6.07) is 14.4. The molecule has 3 aliphatic rings. The van der Waals surface area contributed by atoms with Gasteiger partial charge in [0.1, 0.15) is 12.4 Å². The molecular weight excluding hydrogens is 940 g/mol. The Hall–Kier alpha value is -5.28. The second kappa shape index (κ2) is 22.2. The highest BCUT2D eigenvalue weighted by atomic mass is 35.5. The maximum atomic E-state index is 14.1. The summed E-state index contributed by atoms with van der Waals surface area (Å²) in [4.78, 5) is 70.2. The van der Waals surface area contributed by atoms with Crippen molar-refractivity contribution >= 4 is 51.9 Å². The van der Waals surface area contributed by atoms with E-state index in [1.54, 1.807) is 22.9 Å². The first kappa shape index (κ1) is 52.1.